The van der Waals surface area contributed by atoms with Crippen LogP contribution in [0.3, 0.4) is 0 Å². The lowest BCUT2D eigenvalue weighted by Gasteiger charge is -2.10. The van der Waals surface area contributed by atoms with E-state index < -0.39 is 6.04 Å². The molecule has 0 heterocycles. The van der Waals surface area contributed by atoms with Crippen LogP contribution in [0.4, 0.5) is 0 Å². The molecule has 126 valence electrons. The molecule has 0 aromatic carbocycles. The molecule has 0 aromatic heterocycles. The molecule has 0 aliphatic heterocycles. The third-order valence-corrected chi connectivity index (χ3v) is 2.76. The van der Waals surface area contributed by atoms with E-state index >= 15 is 0 Å². The minimum absolute atomic E-state index is 0.233. The molecule has 0 spiro atoms. The first kappa shape index (κ1) is 20.3. The highest BCUT2D eigenvalue weighted by molar-refractivity contribution is 5.75. The van der Waals surface area contributed by atoms with Gasteiger partial charge in [0.1, 0.15) is 12.6 Å². The quantitative estimate of drug-likeness (QED) is 0.365. The van der Waals surface area contributed by atoms with Crippen LogP contribution in [0, 0.1) is 0 Å². The maximum atomic E-state index is 11.4. The van der Waals surface area contributed by atoms with Gasteiger partial charge in [-0.1, -0.05) is 26.7 Å². The van der Waals surface area contributed by atoms with E-state index in [0.717, 1.165) is 25.9 Å². The standard InChI is InChI=1S/C15H31NO5/c1-3-5-7-18-8-9-19-10-11-20-12-13-21-15(17)14(16)6-4-2/h14H,3-13,16H2,1-2H3/t14-/m0/s1. The van der Waals surface area contributed by atoms with Crippen LogP contribution in [0.5, 0.6) is 0 Å². The van der Waals surface area contributed by atoms with Crippen molar-refractivity contribution < 1.29 is 23.7 Å². The molecule has 0 aromatic rings. The second kappa shape index (κ2) is 15.7. The van der Waals surface area contributed by atoms with Crippen molar-refractivity contribution >= 4 is 5.97 Å². The predicted molar refractivity (Wildman–Crippen MR) is 81.2 cm³/mol. The first-order valence-electron chi connectivity index (χ1n) is 7.87. The summed E-state index contributed by atoms with van der Waals surface area (Å²) in [5.41, 5.74) is 5.62. The zero-order valence-electron chi connectivity index (χ0n) is 13.5. The Hall–Kier alpha value is -0.690. The summed E-state index contributed by atoms with van der Waals surface area (Å²) in [5, 5.41) is 0. The number of hydrogen-bond donors (Lipinski definition) is 1. The largest absolute Gasteiger partial charge is 0.462 e. The minimum Gasteiger partial charge on any atom is -0.462 e. The summed E-state index contributed by atoms with van der Waals surface area (Å²) in [4.78, 5) is 11.4. The van der Waals surface area contributed by atoms with E-state index in [1.165, 1.54) is 0 Å². The summed E-state index contributed by atoms with van der Waals surface area (Å²) in [6, 6.07) is -0.522. The number of unbranched alkanes of at least 4 members (excludes halogenated alkanes) is 1. The number of ether oxygens (including phenoxy) is 4. The SMILES string of the molecule is CCCCOCCOCCOCCOC(=O)[C@@H](N)CCC. The van der Waals surface area contributed by atoms with Crippen molar-refractivity contribution in [3.05, 3.63) is 0 Å². The maximum absolute atomic E-state index is 11.4. The van der Waals surface area contributed by atoms with E-state index in [4.69, 9.17) is 24.7 Å². The van der Waals surface area contributed by atoms with Crippen LogP contribution in [0.15, 0.2) is 0 Å². The highest BCUT2D eigenvalue weighted by Crippen LogP contribution is 1.96. The second-order valence-electron chi connectivity index (χ2n) is 4.75. The third kappa shape index (κ3) is 14.0. The van der Waals surface area contributed by atoms with Crippen molar-refractivity contribution in [3.8, 4) is 0 Å². The van der Waals surface area contributed by atoms with Crippen molar-refractivity contribution in [2.45, 2.75) is 45.6 Å². The second-order valence-corrected chi connectivity index (χ2v) is 4.75. The van der Waals surface area contributed by atoms with Gasteiger partial charge < -0.3 is 24.7 Å². The molecular formula is C15H31NO5. The van der Waals surface area contributed by atoms with Gasteiger partial charge in [0.05, 0.1) is 33.0 Å². The van der Waals surface area contributed by atoms with E-state index in [2.05, 4.69) is 6.92 Å². The van der Waals surface area contributed by atoms with Crippen molar-refractivity contribution in [1.29, 1.82) is 0 Å². The van der Waals surface area contributed by atoms with E-state index in [1.54, 1.807) is 0 Å². The molecule has 0 bridgehead atoms. The molecule has 6 heteroatoms. The summed E-state index contributed by atoms with van der Waals surface area (Å²) >= 11 is 0. The maximum Gasteiger partial charge on any atom is 0.322 e. The lowest BCUT2D eigenvalue weighted by molar-refractivity contribution is -0.147. The summed E-state index contributed by atoms with van der Waals surface area (Å²) in [7, 11) is 0. The molecule has 0 unspecified atom stereocenters. The first-order valence-corrected chi connectivity index (χ1v) is 7.87. The molecule has 0 aliphatic rings. The molecule has 0 radical (unpaired) electrons. The number of rotatable bonds is 15. The van der Waals surface area contributed by atoms with Gasteiger partial charge in [0.2, 0.25) is 0 Å². The monoisotopic (exact) mass is 305 g/mol. The fourth-order valence-electron chi connectivity index (χ4n) is 1.53. The Morgan fingerprint density at radius 1 is 0.857 bits per heavy atom. The van der Waals surface area contributed by atoms with E-state index in [0.29, 0.717) is 39.5 Å². The van der Waals surface area contributed by atoms with Gasteiger partial charge in [0.25, 0.3) is 0 Å². The molecular weight excluding hydrogens is 274 g/mol. The average Bonchev–Trinajstić information content (AvgIpc) is 2.48. The Morgan fingerprint density at radius 2 is 1.38 bits per heavy atom. The molecule has 6 nitrogen and oxygen atoms in total. The van der Waals surface area contributed by atoms with Crippen LogP contribution in [-0.4, -0.2) is 58.3 Å². The number of hydrogen-bond acceptors (Lipinski definition) is 6. The zero-order chi connectivity index (χ0) is 15.8. The van der Waals surface area contributed by atoms with Crippen molar-refractivity contribution in [3.63, 3.8) is 0 Å². The average molecular weight is 305 g/mol. The third-order valence-electron chi connectivity index (χ3n) is 2.76. The Morgan fingerprint density at radius 3 is 1.90 bits per heavy atom. The Kier molecular flexibility index (Phi) is 15.2. The number of nitrogens with two attached hydrogens (primary N) is 1. The fraction of sp³-hybridized carbons (Fsp3) is 0.933. The van der Waals surface area contributed by atoms with Gasteiger partial charge in [-0.05, 0) is 12.8 Å². The normalized spacial score (nSPS) is 12.3. The molecule has 0 fully saturated rings. The van der Waals surface area contributed by atoms with Crippen LogP contribution in [-0.2, 0) is 23.7 Å². The van der Waals surface area contributed by atoms with Crippen molar-refractivity contribution in [1.82, 2.24) is 0 Å². The molecule has 0 saturated heterocycles. The van der Waals surface area contributed by atoms with Crippen LogP contribution in [0.1, 0.15) is 39.5 Å². The summed E-state index contributed by atoms with van der Waals surface area (Å²) in [6.45, 7) is 7.69. The van der Waals surface area contributed by atoms with Crippen LogP contribution < -0.4 is 5.73 Å². The highest BCUT2D eigenvalue weighted by Gasteiger charge is 2.12. The lowest BCUT2D eigenvalue weighted by Crippen LogP contribution is -2.32. The van der Waals surface area contributed by atoms with Crippen molar-refractivity contribution in [2.75, 3.05) is 46.2 Å². The molecule has 0 saturated carbocycles. The van der Waals surface area contributed by atoms with Crippen molar-refractivity contribution in [2.24, 2.45) is 5.73 Å². The summed E-state index contributed by atoms with van der Waals surface area (Å²) in [6.07, 6.45) is 3.74. The topological polar surface area (TPSA) is 80.0 Å². The fourth-order valence-corrected chi connectivity index (χ4v) is 1.53. The molecule has 1 atom stereocenters. The Balaban J connectivity index is 3.17. The van der Waals surface area contributed by atoms with Crippen LogP contribution in [0.2, 0.25) is 0 Å². The minimum atomic E-state index is -0.522. The van der Waals surface area contributed by atoms with Gasteiger partial charge >= 0.3 is 5.97 Å². The van der Waals surface area contributed by atoms with Gasteiger partial charge in [-0.15, -0.1) is 0 Å². The van der Waals surface area contributed by atoms with Gasteiger partial charge in [-0.25, -0.2) is 0 Å². The van der Waals surface area contributed by atoms with Gasteiger partial charge in [0, 0.05) is 6.61 Å². The first-order chi connectivity index (χ1) is 10.2. The number of carbonyl (C=O) groups is 1. The highest BCUT2D eigenvalue weighted by atomic mass is 16.6. The smallest absolute Gasteiger partial charge is 0.322 e. The van der Waals surface area contributed by atoms with Crippen LogP contribution in [0.25, 0.3) is 0 Å². The Bertz CT molecular complexity index is 238. The van der Waals surface area contributed by atoms with E-state index in [1.807, 2.05) is 6.92 Å². The Labute approximate surface area is 128 Å². The van der Waals surface area contributed by atoms with E-state index in [9.17, 15) is 4.79 Å². The van der Waals surface area contributed by atoms with Gasteiger partial charge in [-0.3, -0.25) is 4.79 Å². The lowest BCUT2D eigenvalue weighted by atomic mass is 10.2. The molecule has 0 rings (SSSR count). The molecule has 2 N–H and O–H groups in total. The summed E-state index contributed by atoms with van der Waals surface area (Å²) < 4.78 is 21.0. The summed E-state index contributed by atoms with van der Waals surface area (Å²) in [5.74, 6) is -0.360. The van der Waals surface area contributed by atoms with E-state index in [-0.39, 0.29) is 12.6 Å². The predicted octanol–water partition coefficient (Wildman–Crippen LogP) is 1.51. The van der Waals surface area contributed by atoms with Crippen LogP contribution >= 0.6 is 0 Å². The zero-order valence-corrected chi connectivity index (χ0v) is 13.5. The molecule has 21 heavy (non-hydrogen) atoms. The molecule has 0 aliphatic carbocycles. The number of carbonyl (C=O) groups excluding carboxylic acids is 1. The van der Waals surface area contributed by atoms with Gasteiger partial charge in [-0.2, -0.15) is 0 Å². The number of esters is 1. The van der Waals surface area contributed by atoms with Gasteiger partial charge in [0.15, 0.2) is 0 Å². The molecule has 0 amide bonds.